The van der Waals surface area contributed by atoms with Crippen LogP contribution in [0, 0.1) is 6.92 Å². The molecule has 1 aromatic heterocycles. The highest BCUT2D eigenvalue weighted by molar-refractivity contribution is 5.95. The van der Waals surface area contributed by atoms with Gasteiger partial charge in [0.2, 0.25) is 0 Å². The first-order chi connectivity index (χ1) is 13.0. The fourth-order valence-electron chi connectivity index (χ4n) is 2.57. The molecule has 2 N–H and O–H groups in total. The molecule has 0 saturated heterocycles. The van der Waals surface area contributed by atoms with Gasteiger partial charge in [-0.3, -0.25) is 4.79 Å². The Labute approximate surface area is 159 Å². The maximum atomic E-state index is 12.3. The van der Waals surface area contributed by atoms with Crippen LogP contribution in [-0.2, 0) is 0 Å². The van der Waals surface area contributed by atoms with Crippen molar-refractivity contribution in [3.8, 4) is 11.4 Å². The summed E-state index contributed by atoms with van der Waals surface area (Å²) in [4.78, 5) is 21.3. The number of benzene rings is 2. The first-order valence-corrected chi connectivity index (χ1v) is 9.13. The monoisotopic (exact) mass is 360 g/mol. The van der Waals surface area contributed by atoms with Crippen LogP contribution in [0.15, 0.2) is 60.8 Å². The number of aryl methyl sites for hydroxylation is 1. The Kier molecular flexibility index (Phi) is 5.81. The van der Waals surface area contributed by atoms with Crippen molar-refractivity contribution in [3.05, 3.63) is 71.9 Å². The van der Waals surface area contributed by atoms with E-state index in [2.05, 4.69) is 20.6 Å². The Morgan fingerprint density at radius 2 is 1.89 bits per heavy atom. The minimum absolute atomic E-state index is 0.0731. The van der Waals surface area contributed by atoms with E-state index in [1.807, 2.05) is 69.3 Å². The van der Waals surface area contributed by atoms with Crippen molar-refractivity contribution in [2.24, 2.45) is 0 Å². The van der Waals surface area contributed by atoms with E-state index in [1.165, 1.54) is 5.56 Å². The van der Waals surface area contributed by atoms with E-state index in [4.69, 9.17) is 0 Å². The van der Waals surface area contributed by atoms with Crippen molar-refractivity contribution in [2.45, 2.75) is 33.2 Å². The zero-order chi connectivity index (χ0) is 19.2. The van der Waals surface area contributed by atoms with Gasteiger partial charge < -0.3 is 10.6 Å². The lowest BCUT2D eigenvalue weighted by atomic mass is 10.1. The van der Waals surface area contributed by atoms with Gasteiger partial charge in [0.15, 0.2) is 5.82 Å². The number of carbonyl (C=O) groups is 1. The van der Waals surface area contributed by atoms with Crippen molar-refractivity contribution >= 4 is 17.4 Å². The molecule has 1 amide bonds. The third-order valence-electron chi connectivity index (χ3n) is 4.35. The van der Waals surface area contributed by atoms with Crippen molar-refractivity contribution in [2.75, 3.05) is 5.32 Å². The summed E-state index contributed by atoms with van der Waals surface area (Å²) in [6, 6.07) is 17.5. The summed E-state index contributed by atoms with van der Waals surface area (Å²) in [5.41, 5.74) is 3.58. The predicted octanol–water partition coefficient (Wildman–Crippen LogP) is 4.72. The van der Waals surface area contributed by atoms with Gasteiger partial charge in [-0.1, -0.05) is 42.8 Å². The minimum Gasteiger partial charge on any atom is -0.350 e. The Bertz CT molecular complexity index is 922. The van der Waals surface area contributed by atoms with E-state index in [1.54, 1.807) is 12.3 Å². The summed E-state index contributed by atoms with van der Waals surface area (Å²) in [5, 5.41) is 6.24. The van der Waals surface area contributed by atoms with Gasteiger partial charge in [0, 0.05) is 29.1 Å². The zero-order valence-corrected chi connectivity index (χ0v) is 15.9. The number of hydrogen-bond acceptors (Lipinski definition) is 4. The summed E-state index contributed by atoms with van der Waals surface area (Å²) < 4.78 is 0. The van der Waals surface area contributed by atoms with Crippen molar-refractivity contribution in [3.63, 3.8) is 0 Å². The number of aromatic nitrogens is 2. The largest absolute Gasteiger partial charge is 0.350 e. The molecule has 0 aliphatic carbocycles. The van der Waals surface area contributed by atoms with Crippen molar-refractivity contribution in [1.29, 1.82) is 0 Å². The second-order valence-corrected chi connectivity index (χ2v) is 6.62. The second-order valence-electron chi connectivity index (χ2n) is 6.62. The molecule has 5 heteroatoms. The van der Waals surface area contributed by atoms with Gasteiger partial charge in [0.1, 0.15) is 5.82 Å². The molecule has 0 aliphatic heterocycles. The molecular formula is C22H24N4O. The van der Waals surface area contributed by atoms with Gasteiger partial charge in [0.05, 0.1) is 0 Å². The highest BCUT2D eigenvalue weighted by atomic mass is 16.1. The van der Waals surface area contributed by atoms with Crippen LogP contribution in [0.2, 0.25) is 0 Å². The zero-order valence-electron chi connectivity index (χ0n) is 15.9. The molecule has 0 bridgehead atoms. The van der Waals surface area contributed by atoms with E-state index >= 15 is 0 Å². The summed E-state index contributed by atoms with van der Waals surface area (Å²) in [5.74, 6) is 1.27. The number of rotatable bonds is 6. The molecule has 2 aromatic carbocycles. The first-order valence-electron chi connectivity index (χ1n) is 9.13. The third-order valence-corrected chi connectivity index (χ3v) is 4.35. The molecule has 0 aliphatic rings. The molecule has 1 heterocycles. The fourth-order valence-corrected chi connectivity index (χ4v) is 2.57. The van der Waals surface area contributed by atoms with Crippen LogP contribution in [0.5, 0.6) is 0 Å². The molecule has 27 heavy (non-hydrogen) atoms. The molecule has 1 unspecified atom stereocenters. The van der Waals surface area contributed by atoms with Crippen LogP contribution in [0.4, 0.5) is 11.5 Å². The van der Waals surface area contributed by atoms with Crippen LogP contribution >= 0.6 is 0 Å². The topological polar surface area (TPSA) is 66.9 Å². The number of nitrogens with one attached hydrogen (secondary N) is 2. The number of carbonyl (C=O) groups excluding carboxylic acids is 1. The van der Waals surface area contributed by atoms with Gasteiger partial charge in [-0.05, 0) is 44.5 Å². The van der Waals surface area contributed by atoms with Gasteiger partial charge in [-0.25, -0.2) is 9.97 Å². The molecule has 3 rings (SSSR count). The predicted molar refractivity (Wildman–Crippen MR) is 109 cm³/mol. The van der Waals surface area contributed by atoms with Crippen LogP contribution in [0.25, 0.3) is 11.4 Å². The maximum Gasteiger partial charge on any atom is 0.251 e. The first kappa shape index (κ1) is 18.6. The van der Waals surface area contributed by atoms with E-state index < -0.39 is 0 Å². The van der Waals surface area contributed by atoms with Crippen molar-refractivity contribution < 1.29 is 4.79 Å². The van der Waals surface area contributed by atoms with E-state index in [-0.39, 0.29) is 11.9 Å². The summed E-state index contributed by atoms with van der Waals surface area (Å²) in [7, 11) is 0. The maximum absolute atomic E-state index is 12.3. The lowest BCUT2D eigenvalue weighted by molar-refractivity contribution is 0.0939. The average Bonchev–Trinajstić information content (AvgIpc) is 2.69. The van der Waals surface area contributed by atoms with E-state index in [0.29, 0.717) is 17.2 Å². The molecule has 138 valence electrons. The van der Waals surface area contributed by atoms with Gasteiger partial charge in [0.25, 0.3) is 5.91 Å². The molecule has 0 saturated carbocycles. The van der Waals surface area contributed by atoms with Crippen LogP contribution in [-0.4, -0.2) is 21.9 Å². The lowest BCUT2D eigenvalue weighted by Gasteiger charge is -2.12. The average molecular weight is 360 g/mol. The number of amides is 1. The third kappa shape index (κ3) is 4.91. The highest BCUT2D eigenvalue weighted by Gasteiger charge is 2.09. The molecule has 5 nitrogen and oxygen atoms in total. The standard InChI is InChI=1S/C22H24N4O/c1-4-16(3)24-22(27)18-6-5-7-19(14-18)25-20-12-13-23-21(26-20)17-10-8-15(2)9-11-17/h5-14,16H,4H2,1-3H3,(H,24,27)(H,23,25,26). The number of anilines is 2. The quantitative estimate of drug-likeness (QED) is 0.667. The highest BCUT2D eigenvalue weighted by Crippen LogP contribution is 2.20. The number of hydrogen-bond donors (Lipinski definition) is 2. The SMILES string of the molecule is CCC(C)NC(=O)c1cccc(Nc2ccnc(-c3ccc(C)cc3)n2)c1. The van der Waals surface area contributed by atoms with Crippen LogP contribution in [0.1, 0.15) is 36.2 Å². The van der Waals surface area contributed by atoms with E-state index in [9.17, 15) is 4.79 Å². The number of nitrogens with zero attached hydrogens (tertiary/aromatic N) is 2. The lowest BCUT2D eigenvalue weighted by Crippen LogP contribution is -2.31. The van der Waals surface area contributed by atoms with Crippen LogP contribution in [0.3, 0.4) is 0 Å². The van der Waals surface area contributed by atoms with Gasteiger partial charge in [-0.15, -0.1) is 0 Å². The summed E-state index contributed by atoms with van der Waals surface area (Å²) in [6.07, 6.45) is 2.62. The Hall–Kier alpha value is -3.21. The Morgan fingerprint density at radius 1 is 1.11 bits per heavy atom. The Balaban J connectivity index is 1.77. The molecular weight excluding hydrogens is 336 g/mol. The Morgan fingerprint density at radius 3 is 2.63 bits per heavy atom. The van der Waals surface area contributed by atoms with Crippen LogP contribution < -0.4 is 10.6 Å². The minimum atomic E-state index is -0.0731. The molecule has 3 aromatic rings. The van der Waals surface area contributed by atoms with Crippen molar-refractivity contribution in [1.82, 2.24) is 15.3 Å². The summed E-state index contributed by atoms with van der Waals surface area (Å²) in [6.45, 7) is 6.09. The van der Waals surface area contributed by atoms with Gasteiger partial charge in [-0.2, -0.15) is 0 Å². The molecule has 0 spiro atoms. The smallest absolute Gasteiger partial charge is 0.251 e. The molecule has 1 atom stereocenters. The van der Waals surface area contributed by atoms with Gasteiger partial charge >= 0.3 is 0 Å². The molecule has 0 fully saturated rings. The fraction of sp³-hybridized carbons (Fsp3) is 0.227. The molecule has 0 radical (unpaired) electrons. The second kappa shape index (κ2) is 8.45. The van der Waals surface area contributed by atoms with E-state index in [0.717, 1.165) is 17.7 Å². The summed E-state index contributed by atoms with van der Waals surface area (Å²) >= 11 is 0. The normalized spacial score (nSPS) is 11.7.